The predicted octanol–water partition coefficient (Wildman–Crippen LogP) is 2.33. The second-order valence-corrected chi connectivity index (χ2v) is 6.68. The quantitative estimate of drug-likeness (QED) is 0.763. The van der Waals surface area contributed by atoms with Crippen LogP contribution in [0.2, 0.25) is 0 Å². The van der Waals surface area contributed by atoms with Gasteiger partial charge in [-0.05, 0) is 37.5 Å². The van der Waals surface area contributed by atoms with Gasteiger partial charge in [0.15, 0.2) is 5.65 Å². The highest BCUT2D eigenvalue weighted by Gasteiger charge is 2.21. The lowest BCUT2D eigenvalue weighted by molar-refractivity contribution is 0.524. The number of anilines is 3. The van der Waals surface area contributed by atoms with E-state index in [9.17, 15) is 0 Å². The Bertz CT molecular complexity index is 894. The first kappa shape index (κ1) is 15.7. The van der Waals surface area contributed by atoms with Crippen LogP contribution in [0, 0.1) is 6.92 Å². The molecule has 7 nitrogen and oxygen atoms in total. The molecule has 0 unspecified atom stereocenters. The van der Waals surface area contributed by atoms with Gasteiger partial charge >= 0.3 is 0 Å². The third-order valence-corrected chi connectivity index (χ3v) is 4.82. The average Bonchev–Trinajstić information content (AvgIpc) is 2.97. The monoisotopic (exact) mass is 337 g/mol. The summed E-state index contributed by atoms with van der Waals surface area (Å²) in [5.41, 5.74) is 9.39. The maximum absolute atomic E-state index is 6.04. The maximum atomic E-state index is 6.04. The van der Waals surface area contributed by atoms with Crippen LogP contribution in [0.1, 0.15) is 18.4 Å². The number of aryl methyl sites for hydroxylation is 2. The lowest BCUT2D eigenvalue weighted by Crippen LogP contribution is -2.39. The molecule has 0 saturated carbocycles. The molecule has 0 spiro atoms. The molecule has 0 atom stereocenters. The summed E-state index contributed by atoms with van der Waals surface area (Å²) in [4.78, 5) is 11.4. The van der Waals surface area contributed by atoms with Gasteiger partial charge in [-0.1, -0.05) is 12.1 Å². The standard InChI is InChI=1S/C18H23N7/c1-12-4-3-5-14(10-12)25-8-6-13(7-9-25)21-18-22-16(19)15-11-20-24(2)17(15)23-18/h3-5,10-11,13H,6-9H2,1-2H3,(H3,19,21,22,23). The smallest absolute Gasteiger partial charge is 0.226 e. The van der Waals surface area contributed by atoms with Gasteiger partial charge in [0.1, 0.15) is 5.82 Å². The zero-order valence-corrected chi connectivity index (χ0v) is 14.6. The SMILES string of the molecule is Cc1cccc(N2CCC(Nc3nc(N)c4cnn(C)c4n3)CC2)c1. The van der Waals surface area contributed by atoms with Crippen molar-refractivity contribution in [3.8, 4) is 0 Å². The van der Waals surface area contributed by atoms with E-state index in [2.05, 4.69) is 56.5 Å². The molecule has 0 aliphatic carbocycles. The fourth-order valence-electron chi connectivity index (χ4n) is 3.40. The summed E-state index contributed by atoms with van der Waals surface area (Å²) >= 11 is 0. The zero-order chi connectivity index (χ0) is 17.4. The van der Waals surface area contributed by atoms with Crippen LogP contribution in [0.3, 0.4) is 0 Å². The van der Waals surface area contributed by atoms with Gasteiger partial charge in [0.05, 0.1) is 11.6 Å². The Morgan fingerprint density at radius 3 is 2.76 bits per heavy atom. The molecule has 130 valence electrons. The zero-order valence-electron chi connectivity index (χ0n) is 14.6. The number of nitrogens with two attached hydrogens (primary N) is 1. The van der Waals surface area contributed by atoms with Crippen LogP contribution in [0.25, 0.3) is 11.0 Å². The molecule has 0 radical (unpaired) electrons. The topological polar surface area (TPSA) is 84.9 Å². The van der Waals surface area contributed by atoms with Crippen molar-refractivity contribution in [3.05, 3.63) is 36.0 Å². The molecule has 1 aromatic carbocycles. The van der Waals surface area contributed by atoms with Crippen molar-refractivity contribution >= 4 is 28.5 Å². The third kappa shape index (κ3) is 3.09. The molecule has 3 aromatic rings. The van der Waals surface area contributed by atoms with Crippen LogP contribution < -0.4 is 16.0 Å². The largest absolute Gasteiger partial charge is 0.383 e. The Kier molecular flexibility index (Phi) is 3.91. The molecule has 3 heterocycles. The van der Waals surface area contributed by atoms with Gasteiger partial charge in [-0.25, -0.2) is 0 Å². The summed E-state index contributed by atoms with van der Waals surface area (Å²) in [6.45, 7) is 4.17. The molecular formula is C18H23N7. The Morgan fingerprint density at radius 2 is 2.00 bits per heavy atom. The van der Waals surface area contributed by atoms with Crippen LogP contribution in [0.15, 0.2) is 30.5 Å². The van der Waals surface area contributed by atoms with E-state index in [0.717, 1.165) is 37.0 Å². The summed E-state index contributed by atoms with van der Waals surface area (Å²) in [6, 6.07) is 9.03. The van der Waals surface area contributed by atoms with Crippen molar-refractivity contribution in [2.24, 2.45) is 7.05 Å². The van der Waals surface area contributed by atoms with Crippen molar-refractivity contribution < 1.29 is 0 Å². The summed E-state index contributed by atoms with van der Waals surface area (Å²) in [5, 5.41) is 8.43. The van der Waals surface area contributed by atoms with Gasteiger partial charge < -0.3 is 16.0 Å². The molecule has 0 bridgehead atoms. The number of rotatable bonds is 3. The number of benzene rings is 1. The molecule has 25 heavy (non-hydrogen) atoms. The number of hydrogen-bond acceptors (Lipinski definition) is 6. The van der Waals surface area contributed by atoms with E-state index < -0.39 is 0 Å². The van der Waals surface area contributed by atoms with E-state index in [1.807, 2.05) is 7.05 Å². The number of nitrogens with zero attached hydrogens (tertiary/aromatic N) is 5. The summed E-state index contributed by atoms with van der Waals surface area (Å²) < 4.78 is 1.72. The minimum atomic E-state index is 0.353. The first-order valence-electron chi connectivity index (χ1n) is 8.63. The minimum Gasteiger partial charge on any atom is -0.383 e. The molecule has 0 amide bonds. The van der Waals surface area contributed by atoms with Crippen molar-refractivity contribution in [2.45, 2.75) is 25.8 Å². The van der Waals surface area contributed by atoms with Crippen LogP contribution in [-0.2, 0) is 7.05 Å². The molecule has 1 aliphatic rings. The van der Waals surface area contributed by atoms with Gasteiger partial charge in [0.2, 0.25) is 5.95 Å². The number of nitrogens with one attached hydrogen (secondary N) is 1. The van der Waals surface area contributed by atoms with Crippen molar-refractivity contribution in [1.29, 1.82) is 0 Å². The molecule has 4 rings (SSSR count). The third-order valence-electron chi connectivity index (χ3n) is 4.82. The molecule has 3 N–H and O–H groups in total. The second kappa shape index (κ2) is 6.23. The highest BCUT2D eigenvalue weighted by atomic mass is 15.3. The van der Waals surface area contributed by atoms with Crippen LogP contribution >= 0.6 is 0 Å². The average molecular weight is 337 g/mol. The lowest BCUT2D eigenvalue weighted by Gasteiger charge is -2.34. The van der Waals surface area contributed by atoms with E-state index >= 15 is 0 Å². The Morgan fingerprint density at radius 1 is 1.20 bits per heavy atom. The molecule has 2 aromatic heterocycles. The molecule has 1 aliphatic heterocycles. The summed E-state index contributed by atoms with van der Waals surface area (Å²) in [7, 11) is 1.86. The highest BCUT2D eigenvalue weighted by molar-refractivity contribution is 5.86. The first-order valence-corrected chi connectivity index (χ1v) is 8.63. The van der Waals surface area contributed by atoms with E-state index in [4.69, 9.17) is 5.73 Å². The van der Waals surface area contributed by atoms with Gasteiger partial charge in [0.25, 0.3) is 0 Å². The van der Waals surface area contributed by atoms with E-state index in [1.165, 1.54) is 11.3 Å². The van der Waals surface area contributed by atoms with Crippen molar-refractivity contribution in [2.75, 3.05) is 29.0 Å². The molecule has 7 heteroatoms. The van der Waals surface area contributed by atoms with Gasteiger partial charge in [0, 0.05) is 31.9 Å². The van der Waals surface area contributed by atoms with Crippen molar-refractivity contribution in [3.63, 3.8) is 0 Å². The normalized spacial score (nSPS) is 15.7. The fourth-order valence-corrected chi connectivity index (χ4v) is 3.40. The lowest BCUT2D eigenvalue weighted by atomic mass is 10.0. The molecule has 1 saturated heterocycles. The Balaban J connectivity index is 1.44. The number of nitrogen functional groups attached to an aromatic ring is 1. The second-order valence-electron chi connectivity index (χ2n) is 6.68. The first-order chi connectivity index (χ1) is 12.1. The summed E-state index contributed by atoms with van der Waals surface area (Å²) in [6.07, 6.45) is 3.79. The number of aromatic nitrogens is 4. The number of hydrogen-bond donors (Lipinski definition) is 2. The summed E-state index contributed by atoms with van der Waals surface area (Å²) in [5.74, 6) is 1.06. The molecule has 1 fully saturated rings. The maximum Gasteiger partial charge on any atom is 0.226 e. The van der Waals surface area contributed by atoms with Crippen LogP contribution in [0.5, 0.6) is 0 Å². The Labute approximate surface area is 146 Å². The van der Waals surface area contributed by atoms with Crippen molar-refractivity contribution in [1.82, 2.24) is 19.7 Å². The number of piperidine rings is 1. The fraction of sp³-hybridized carbons (Fsp3) is 0.389. The van der Waals surface area contributed by atoms with E-state index in [1.54, 1.807) is 10.9 Å². The molecular weight excluding hydrogens is 314 g/mol. The van der Waals surface area contributed by atoms with Gasteiger partial charge in [-0.2, -0.15) is 15.1 Å². The van der Waals surface area contributed by atoms with Gasteiger partial charge in [-0.15, -0.1) is 0 Å². The van der Waals surface area contributed by atoms with Crippen LogP contribution in [-0.4, -0.2) is 38.9 Å². The number of fused-ring (bicyclic) bond motifs is 1. The predicted molar refractivity (Wildman–Crippen MR) is 101 cm³/mol. The van der Waals surface area contributed by atoms with Gasteiger partial charge in [-0.3, -0.25) is 4.68 Å². The van der Waals surface area contributed by atoms with E-state index in [-0.39, 0.29) is 0 Å². The van der Waals surface area contributed by atoms with Crippen LogP contribution in [0.4, 0.5) is 17.5 Å². The Hall–Kier alpha value is -2.83. The van der Waals surface area contributed by atoms with E-state index in [0.29, 0.717) is 17.8 Å². The highest BCUT2D eigenvalue weighted by Crippen LogP contribution is 2.23. The minimum absolute atomic E-state index is 0.353.